The molecule has 0 fully saturated rings. The van der Waals surface area contributed by atoms with Crippen molar-refractivity contribution >= 4 is 22.9 Å². The minimum atomic E-state index is 0. The summed E-state index contributed by atoms with van der Waals surface area (Å²) in [6, 6.07) is 13.7. The van der Waals surface area contributed by atoms with Gasteiger partial charge in [0.05, 0.1) is 0 Å². The summed E-state index contributed by atoms with van der Waals surface area (Å²) in [5.74, 6) is 0. The summed E-state index contributed by atoms with van der Waals surface area (Å²) in [5.41, 5.74) is 2.54. The number of rotatable bonds is 0. The minimum absolute atomic E-state index is 0. The first-order chi connectivity index (χ1) is 5.95. The Labute approximate surface area is 108 Å². The van der Waals surface area contributed by atoms with E-state index in [4.69, 9.17) is 0 Å². The summed E-state index contributed by atoms with van der Waals surface area (Å²) in [6.07, 6.45) is 4.27. The standard InChI is InChI=1S/C12H7.CH3.U/c1-3-9-4-2-6-11-8-7-10(5-1)12(9)11;;/h1-5,7-8H;1H3;/q2*-1;+2. The van der Waals surface area contributed by atoms with E-state index in [1.807, 2.05) is 6.07 Å². The molecule has 3 rings (SSSR count). The SMILES string of the molecule is [CH3-].[U+2].[c-]1ccc2cccc3c2c1C=C3. The Morgan fingerprint density at radius 2 is 1.86 bits per heavy atom. The van der Waals surface area contributed by atoms with Gasteiger partial charge < -0.3 is 7.43 Å². The van der Waals surface area contributed by atoms with Crippen molar-refractivity contribution in [1.82, 2.24) is 0 Å². The van der Waals surface area contributed by atoms with Gasteiger partial charge >= 0.3 is 31.1 Å². The zero-order valence-electron chi connectivity index (χ0n) is 8.04. The molecule has 0 spiro atoms. The van der Waals surface area contributed by atoms with E-state index >= 15 is 0 Å². The van der Waals surface area contributed by atoms with Crippen LogP contribution in [-0.4, -0.2) is 0 Å². The fourth-order valence-electron chi connectivity index (χ4n) is 1.78. The predicted molar refractivity (Wildman–Crippen MR) is 58.1 cm³/mol. The largest absolute Gasteiger partial charge is 2.00 e. The molecular weight excluding hydrogens is 394 g/mol. The maximum absolute atomic E-state index is 3.23. The first kappa shape index (κ1) is 11.6. The number of benzene rings is 2. The fraction of sp³-hybridized carbons (Fsp3) is 0. The molecule has 0 N–H and O–H groups in total. The Morgan fingerprint density at radius 1 is 1.00 bits per heavy atom. The number of hydrogen-bond donors (Lipinski definition) is 0. The first-order valence-electron chi connectivity index (χ1n) is 4.07. The van der Waals surface area contributed by atoms with Crippen LogP contribution in [0, 0.1) is 44.6 Å². The van der Waals surface area contributed by atoms with Gasteiger partial charge in [-0.1, -0.05) is 29.1 Å². The van der Waals surface area contributed by atoms with Gasteiger partial charge in [-0.05, 0) is 0 Å². The Bertz CT molecular complexity index is 443. The average molecular weight is 404 g/mol. The summed E-state index contributed by atoms with van der Waals surface area (Å²) < 4.78 is 0. The molecule has 0 bridgehead atoms. The first-order valence-corrected chi connectivity index (χ1v) is 4.07. The molecule has 0 saturated heterocycles. The molecule has 0 aliphatic heterocycles. The van der Waals surface area contributed by atoms with Gasteiger partial charge in [0.1, 0.15) is 0 Å². The molecule has 2 aromatic carbocycles. The van der Waals surface area contributed by atoms with E-state index in [-0.39, 0.29) is 38.5 Å². The van der Waals surface area contributed by atoms with Crippen LogP contribution in [0.15, 0.2) is 30.3 Å². The van der Waals surface area contributed by atoms with Crippen LogP contribution in [0.2, 0.25) is 0 Å². The Kier molecular flexibility index (Phi) is 3.59. The van der Waals surface area contributed by atoms with E-state index in [1.165, 1.54) is 21.9 Å². The molecule has 0 unspecified atom stereocenters. The molecule has 0 heterocycles. The van der Waals surface area contributed by atoms with Crippen LogP contribution in [0.3, 0.4) is 0 Å². The molecule has 1 aliphatic carbocycles. The molecule has 0 saturated carbocycles. The Hall–Kier alpha value is -0.508. The van der Waals surface area contributed by atoms with E-state index in [0.29, 0.717) is 0 Å². The molecule has 0 aromatic heterocycles. The smallest absolute Gasteiger partial charge is 0.358 e. The van der Waals surface area contributed by atoms with E-state index in [9.17, 15) is 0 Å². The van der Waals surface area contributed by atoms with Crippen molar-refractivity contribution < 1.29 is 31.1 Å². The molecule has 66 valence electrons. The molecule has 0 radical (unpaired) electrons. The van der Waals surface area contributed by atoms with Crippen molar-refractivity contribution in [2.75, 3.05) is 0 Å². The Balaban J connectivity index is 0.000000490. The molecule has 0 amide bonds. The minimum Gasteiger partial charge on any atom is -0.358 e. The van der Waals surface area contributed by atoms with Crippen molar-refractivity contribution in [3.05, 3.63) is 55.0 Å². The van der Waals surface area contributed by atoms with Crippen molar-refractivity contribution in [3.63, 3.8) is 0 Å². The second kappa shape index (κ2) is 4.34. The van der Waals surface area contributed by atoms with Crippen molar-refractivity contribution in [3.8, 4) is 0 Å². The quantitative estimate of drug-likeness (QED) is 0.503. The normalized spacial score (nSPS) is 10.9. The predicted octanol–water partition coefficient (Wildman–Crippen LogP) is 3.57. The molecule has 2 aromatic rings. The van der Waals surface area contributed by atoms with Crippen molar-refractivity contribution in [2.45, 2.75) is 0 Å². The van der Waals surface area contributed by atoms with Gasteiger partial charge in [-0.25, -0.2) is 0 Å². The average Bonchev–Trinajstić information content (AvgIpc) is 2.52. The van der Waals surface area contributed by atoms with Crippen LogP contribution < -0.4 is 0 Å². The van der Waals surface area contributed by atoms with Crippen LogP contribution in [0.1, 0.15) is 11.1 Å². The van der Waals surface area contributed by atoms with Gasteiger partial charge in [0.25, 0.3) is 0 Å². The third kappa shape index (κ3) is 1.56. The van der Waals surface area contributed by atoms with Crippen LogP contribution in [-0.2, 0) is 0 Å². The maximum atomic E-state index is 3.23. The molecule has 1 heteroatoms. The Morgan fingerprint density at radius 3 is 2.71 bits per heavy atom. The van der Waals surface area contributed by atoms with Crippen LogP contribution in [0.5, 0.6) is 0 Å². The topological polar surface area (TPSA) is 0 Å². The summed E-state index contributed by atoms with van der Waals surface area (Å²) in [5, 5.41) is 2.66. The third-order valence-corrected chi connectivity index (χ3v) is 2.33. The van der Waals surface area contributed by atoms with E-state index in [1.54, 1.807) is 0 Å². The van der Waals surface area contributed by atoms with E-state index in [0.717, 1.165) is 0 Å². The second-order valence-electron chi connectivity index (χ2n) is 3.04. The van der Waals surface area contributed by atoms with E-state index in [2.05, 4.69) is 42.5 Å². The second-order valence-corrected chi connectivity index (χ2v) is 3.04. The fourth-order valence-corrected chi connectivity index (χ4v) is 1.78. The van der Waals surface area contributed by atoms with Crippen LogP contribution in [0.4, 0.5) is 0 Å². The van der Waals surface area contributed by atoms with Gasteiger partial charge in [0.2, 0.25) is 0 Å². The van der Waals surface area contributed by atoms with Gasteiger partial charge in [-0.3, -0.25) is 0 Å². The van der Waals surface area contributed by atoms with Crippen LogP contribution >= 0.6 is 0 Å². The summed E-state index contributed by atoms with van der Waals surface area (Å²) in [7, 11) is 0. The van der Waals surface area contributed by atoms with Gasteiger partial charge in [0, 0.05) is 0 Å². The zero-order chi connectivity index (χ0) is 7.97. The van der Waals surface area contributed by atoms with Crippen molar-refractivity contribution in [2.24, 2.45) is 0 Å². The summed E-state index contributed by atoms with van der Waals surface area (Å²) >= 11 is 0. The summed E-state index contributed by atoms with van der Waals surface area (Å²) in [4.78, 5) is 0. The molecular formula is C13H10U. The third-order valence-electron chi connectivity index (χ3n) is 2.33. The molecule has 0 nitrogen and oxygen atoms in total. The van der Waals surface area contributed by atoms with Gasteiger partial charge in [0.15, 0.2) is 0 Å². The summed E-state index contributed by atoms with van der Waals surface area (Å²) in [6.45, 7) is 0. The molecule has 1 aliphatic rings. The van der Waals surface area contributed by atoms with Crippen molar-refractivity contribution in [1.29, 1.82) is 0 Å². The maximum Gasteiger partial charge on any atom is 2.00 e. The monoisotopic (exact) mass is 404 g/mol. The molecule has 0 atom stereocenters. The molecule has 14 heavy (non-hydrogen) atoms. The van der Waals surface area contributed by atoms with Gasteiger partial charge in [-0.2, -0.15) is 0 Å². The van der Waals surface area contributed by atoms with Gasteiger partial charge in [-0.15, -0.1) is 41.3 Å². The number of hydrogen-bond acceptors (Lipinski definition) is 0. The van der Waals surface area contributed by atoms with E-state index < -0.39 is 0 Å². The zero-order valence-corrected chi connectivity index (χ0v) is 12.2. The van der Waals surface area contributed by atoms with Crippen LogP contribution in [0.25, 0.3) is 22.9 Å².